The molecule has 1 N–H and O–H groups in total. The molecule has 39 heavy (non-hydrogen) atoms. The first-order valence-electron chi connectivity index (χ1n) is 12.7. The first kappa shape index (κ1) is 26.7. The van der Waals surface area contributed by atoms with E-state index in [0.29, 0.717) is 35.0 Å². The van der Waals surface area contributed by atoms with Crippen LogP contribution in [0.3, 0.4) is 0 Å². The molecule has 5 rings (SSSR count). The van der Waals surface area contributed by atoms with Gasteiger partial charge in [-0.2, -0.15) is 0 Å². The zero-order valence-electron chi connectivity index (χ0n) is 21.7. The summed E-state index contributed by atoms with van der Waals surface area (Å²) in [4.78, 5) is 23.5. The maximum atomic E-state index is 13.1. The van der Waals surface area contributed by atoms with Gasteiger partial charge in [0.2, 0.25) is 5.89 Å². The minimum Gasteiger partial charge on any atom is -0.441 e. The van der Waals surface area contributed by atoms with Gasteiger partial charge in [0.1, 0.15) is 11.5 Å². The Morgan fingerprint density at radius 2 is 1.74 bits per heavy atom. The van der Waals surface area contributed by atoms with Gasteiger partial charge in [0.05, 0.1) is 23.8 Å². The molecular formula is C29H30N4O5S. The van der Waals surface area contributed by atoms with Crippen LogP contribution in [-0.4, -0.2) is 55.5 Å². The molecule has 1 aliphatic rings. The summed E-state index contributed by atoms with van der Waals surface area (Å²) in [6.07, 6.45) is 3.38. The quantitative estimate of drug-likeness (QED) is 0.337. The largest absolute Gasteiger partial charge is 0.441 e. The molecule has 0 unspecified atom stereocenters. The van der Waals surface area contributed by atoms with E-state index in [2.05, 4.69) is 20.2 Å². The lowest BCUT2D eigenvalue weighted by molar-refractivity contribution is 0.0342. The zero-order valence-corrected chi connectivity index (χ0v) is 22.5. The van der Waals surface area contributed by atoms with Crippen molar-refractivity contribution < 1.29 is 22.4 Å². The van der Waals surface area contributed by atoms with Gasteiger partial charge in [-0.25, -0.2) is 13.4 Å². The van der Waals surface area contributed by atoms with Gasteiger partial charge < -0.3 is 14.5 Å². The van der Waals surface area contributed by atoms with Gasteiger partial charge >= 0.3 is 0 Å². The Kier molecular flexibility index (Phi) is 8.16. The molecule has 9 nitrogen and oxygen atoms in total. The topological polar surface area (TPSA) is 115 Å². The molecule has 202 valence electrons. The third-order valence-electron chi connectivity index (χ3n) is 6.58. The van der Waals surface area contributed by atoms with E-state index in [-0.39, 0.29) is 16.6 Å². The smallest absolute Gasteiger partial charge is 0.251 e. The van der Waals surface area contributed by atoms with Crippen LogP contribution in [0.2, 0.25) is 0 Å². The highest BCUT2D eigenvalue weighted by molar-refractivity contribution is 7.90. The minimum absolute atomic E-state index is 0.211. The van der Waals surface area contributed by atoms with E-state index in [0.717, 1.165) is 44.0 Å². The Labute approximate surface area is 227 Å². The lowest BCUT2D eigenvalue weighted by atomic mass is 10.1. The third kappa shape index (κ3) is 6.78. The molecular weight excluding hydrogens is 516 g/mol. The summed E-state index contributed by atoms with van der Waals surface area (Å²) in [6.45, 7) is 6.02. The Hall–Kier alpha value is -3.86. The van der Waals surface area contributed by atoms with Crippen molar-refractivity contribution in [1.29, 1.82) is 0 Å². The summed E-state index contributed by atoms with van der Waals surface area (Å²) >= 11 is 0. The summed E-state index contributed by atoms with van der Waals surface area (Å²) in [5, 5.41) is 2.86. The van der Waals surface area contributed by atoms with Crippen LogP contribution in [0.5, 0.6) is 0 Å². The van der Waals surface area contributed by atoms with Crippen LogP contribution in [0.1, 0.15) is 32.9 Å². The average Bonchev–Trinajstić information content (AvgIpc) is 3.32. The standard InChI is InChI=1S/C29H30N4O5S/c1-21-27(20-39(35,36)26-10-4-22(5-11-26)19-33-13-15-37-16-14-33)32-29(38-21)25-8-6-24(7-9-25)28(34)31-18-23-3-2-12-30-17-23/h2-12,17H,13-16,18-20H2,1H3,(H,31,34). The number of ether oxygens (including phenoxy) is 1. The van der Waals surface area contributed by atoms with Crippen LogP contribution in [0.4, 0.5) is 0 Å². The van der Waals surface area contributed by atoms with Crippen LogP contribution < -0.4 is 5.32 Å². The van der Waals surface area contributed by atoms with E-state index in [4.69, 9.17) is 9.15 Å². The fraction of sp³-hybridized carbons (Fsp3) is 0.276. The van der Waals surface area contributed by atoms with E-state index in [1.54, 1.807) is 55.7 Å². The van der Waals surface area contributed by atoms with E-state index in [9.17, 15) is 13.2 Å². The van der Waals surface area contributed by atoms with Gasteiger partial charge in [-0.1, -0.05) is 18.2 Å². The van der Waals surface area contributed by atoms with Gasteiger partial charge in [0.25, 0.3) is 5.91 Å². The Morgan fingerprint density at radius 1 is 1.00 bits per heavy atom. The monoisotopic (exact) mass is 546 g/mol. The number of aromatic nitrogens is 2. The molecule has 0 spiro atoms. The highest BCUT2D eigenvalue weighted by atomic mass is 32.2. The number of carbonyl (C=O) groups excluding carboxylic acids is 1. The van der Waals surface area contributed by atoms with Crippen molar-refractivity contribution >= 4 is 15.7 Å². The lowest BCUT2D eigenvalue weighted by Gasteiger charge is -2.26. The van der Waals surface area contributed by atoms with E-state index in [1.807, 2.05) is 24.3 Å². The highest BCUT2D eigenvalue weighted by Crippen LogP contribution is 2.25. The fourth-order valence-corrected chi connectivity index (χ4v) is 5.66. The van der Waals surface area contributed by atoms with Gasteiger partial charge in [-0.05, 0) is 60.5 Å². The number of nitrogens with zero attached hydrogens (tertiary/aromatic N) is 3. The molecule has 10 heteroatoms. The van der Waals surface area contributed by atoms with Crippen LogP contribution in [-0.2, 0) is 33.4 Å². The van der Waals surface area contributed by atoms with Crippen molar-refractivity contribution in [2.45, 2.75) is 30.7 Å². The van der Waals surface area contributed by atoms with Gasteiger partial charge in [0, 0.05) is 49.7 Å². The van der Waals surface area contributed by atoms with E-state index >= 15 is 0 Å². The second kappa shape index (κ2) is 11.9. The molecule has 1 amide bonds. The average molecular weight is 547 g/mol. The first-order valence-corrected chi connectivity index (χ1v) is 14.4. The minimum atomic E-state index is -3.62. The van der Waals surface area contributed by atoms with Crippen molar-refractivity contribution in [3.8, 4) is 11.5 Å². The Morgan fingerprint density at radius 3 is 2.44 bits per heavy atom. The first-order chi connectivity index (χ1) is 18.9. The van der Waals surface area contributed by atoms with E-state index in [1.165, 1.54) is 0 Å². The molecule has 2 aromatic carbocycles. The number of amides is 1. The van der Waals surface area contributed by atoms with Crippen molar-refractivity contribution in [2.24, 2.45) is 0 Å². The van der Waals surface area contributed by atoms with E-state index < -0.39 is 9.84 Å². The Bertz CT molecular complexity index is 1510. The predicted molar refractivity (Wildman–Crippen MR) is 146 cm³/mol. The van der Waals surface area contributed by atoms with Crippen LogP contribution in [0, 0.1) is 6.92 Å². The molecule has 0 saturated carbocycles. The number of hydrogen-bond donors (Lipinski definition) is 1. The van der Waals surface area contributed by atoms with Crippen LogP contribution in [0.15, 0.2) is 82.4 Å². The molecule has 1 aliphatic heterocycles. The number of morpholine rings is 1. The predicted octanol–water partition coefficient (Wildman–Crippen LogP) is 3.78. The maximum Gasteiger partial charge on any atom is 0.251 e. The summed E-state index contributed by atoms with van der Waals surface area (Å²) in [5.41, 5.74) is 3.47. The summed E-state index contributed by atoms with van der Waals surface area (Å²) < 4.78 is 37.4. The van der Waals surface area contributed by atoms with Crippen LogP contribution >= 0.6 is 0 Å². The van der Waals surface area contributed by atoms with Gasteiger partial charge in [-0.15, -0.1) is 0 Å². The summed E-state index contributed by atoms with van der Waals surface area (Å²) in [5.74, 6) is 0.272. The number of hydrogen-bond acceptors (Lipinski definition) is 8. The molecule has 2 aromatic heterocycles. The number of benzene rings is 2. The Balaban J connectivity index is 1.22. The number of carbonyl (C=O) groups is 1. The van der Waals surface area contributed by atoms with Crippen LogP contribution in [0.25, 0.3) is 11.5 Å². The van der Waals surface area contributed by atoms with Gasteiger partial charge in [0.15, 0.2) is 9.84 Å². The number of nitrogens with one attached hydrogen (secondary N) is 1. The van der Waals surface area contributed by atoms with Crippen molar-refractivity contribution in [1.82, 2.24) is 20.2 Å². The van der Waals surface area contributed by atoms with Crippen molar-refractivity contribution in [3.63, 3.8) is 0 Å². The van der Waals surface area contributed by atoms with Crippen molar-refractivity contribution in [3.05, 3.63) is 101 Å². The second-order valence-electron chi connectivity index (χ2n) is 9.43. The molecule has 0 aliphatic carbocycles. The number of oxazole rings is 1. The lowest BCUT2D eigenvalue weighted by Crippen LogP contribution is -2.35. The maximum absolute atomic E-state index is 13.1. The molecule has 0 bridgehead atoms. The van der Waals surface area contributed by atoms with Gasteiger partial charge in [-0.3, -0.25) is 14.7 Å². The summed E-state index contributed by atoms with van der Waals surface area (Å²) in [7, 11) is -3.62. The highest BCUT2D eigenvalue weighted by Gasteiger charge is 2.22. The molecule has 1 fully saturated rings. The van der Waals surface area contributed by atoms with Crippen molar-refractivity contribution in [2.75, 3.05) is 26.3 Å². The molecule has 0 atom stereocenters. The number of aryl methyl sites for hydroxylation is 1. The zero-order chi connectivity index (χ0) is 27.2. The molecule has 4 aromatic rings. The molecule has 3 heterocycles. The molecule has 0 radical (unpaired) electrons. The normalized spacial score (nSPS) is 14.3. The number of pyridine rings is 1. The third-order valence-corrected chi connectivity index (χ3v) is 8.23. The number of sulfone groups is 1. The SMILES string of the molecule is Cc1oc(-c2ccc(C(=O)NCc3cccnc3)cc2)nc1CS(=O)(=O)c1ccc(CN2CCOCC2)cc1. The summed E-state index contributed by atoms with van der Waals surface area (Å²) in [6, 6.07) is 17.6. The second-order valence-corrected chi connectivity index (χ2v) is 11.4. The number of rotatable bonds is 9. The fourth-order valence-electron chi connectivity index (χ4n) is 4.32. The molecule has 1 saturated heterocycles.